The van der Waals surface area contributed by atoms with E-state index in [0.717, 1.165) is 0 Å². The number of hydrogen-bond acceptors (Lipinski definition) is 5. The number of benzene rings is 2. The second-order valence-corrected chi connectivity index (χ2v) is 9.19. The van der Waals surface area contributed by atoms with Crippen LogP contribution in [0.5, 0.6) is 5.75 Å². The average Bonchev–Trinajstić information content (AvgIpc) is 2.89. The number of halogens is 3. The van der Waals surface area contributed by atoms with Gasteiger partial charge in [-0.2, -0.15) is 0 Å². The highest BCUT2D eigenvalue weighted by molar-refractivity contribution is 6.31. The molecule has 0 saturated heterocycles. The largest absolute Gasteiger partial charge is 0.489 e. The molecule has 0 bridgehead atoms. The van der Waals surface area contributed by atoms with Crippen molar-refractivity contribution in [3.05, 3.63) is 117 Å². The third-order valence-corrected chi connectivity index (χ3v) is 6.36. The van der Waals surface area contributed by atoms with E-state index in [1.807, 2.05) is 0 Å². The number of carbonyl (C=O) groups is 1. The smallest absolute Gasteiger partial charge is 0.321 e. The van der Waals surface area contributed by atoms with Crippen LogP contribution in [0, 0.1) is 5.82 Å². The van der Waals surface area contributed by atoms with Gasteiger partial charge in [-0.05, 0) is 54.1 Å². The molecule has 11 heteroatoms. The number of aliphatic hydroxyl groups excluding tert-OH is 1. The number of amides is 2. The Bertz CT molecular complexity index is 1630. The molecule has 3 N–H and O–H groups in total. The van der Waals surface area contributed by atoms with Crippen LogP contribution in [0.4, 0.5) is 9.18 Å². The first-order valence-corrected chi connectivity index (χ1v) is 12.0. The second-order valence-electron chi connectivity index (χ2n) is 8.35. The van der Waals surface area contributed by atoms with Crippen molar-refractivity contribution in [1.82, 2.24) is 20.2 Å². The summed E-state index contributed by atoms with van der Waals surface area (Å²) >= 11 is 12.5. The number of aliphatic hydroxyl groups is 1. The first-order valence-electron chi connectivity index (χ1n) is 11.3. The Morgan fingerprint density at radius 2 is 1.92 bits per heavy atom. The maximum Gasteiger partial charge on any atom is 0.321 e. The van der Waals surface area contributed by atoms with Gasteiger partial charge in [0.2, 0.25) is 0 Å². The van der Waals surface area contributed by atoms with Crippen molar-refractivity contribution in [2.45, 2.75) is 12.8 Å². The molecule has 0 radical (unpaired) electrons. The molecule has 0 fully saturated rings. The molecule has 4 aromatic rings. The van der Waals surface area contributed by atoms with Gasteiger partial charge in [0, 0.05) is 45.9 Å². The third-order valence-electron chi connectivity index (χ3n) is 5.79. The fourth-order valence-corrected chi connectivity index (χ4v) is 4.39. The Morgan fingerprint density at radius 1 is 1.08 bits per heavy atom. The van der Waals surface area contributed by atoms with Gasteiger partial charge in [0.1, 0.15) is 18.2 Å². The minimum atomic E-state index is -1.30. The van der Waals surface area contributed by atoms with Gasteiger partial charge in [-0.15, -0.1) is 0 Å². The lowest BCUT2D eigenvalue weighted by molar-refractivity contribution is 0.182. The van der Waals surface area contributed by atoms with Gasteiger partial charge < -0.3 is 20.5 Å². The highest BCUT2D eigenvalue weighted by atomic mass is 35.5. The summed E-state index contributed by atoms with van der Waals surface area (Å²) in [6, 6.07) is 13.3. The maximum absolute atomic E-state index is 13.6. The summed E-state index contributed by atoms with van der Waals surface area (Å²) in [6.07, 6.45) is 4.74. The molecule has 0 saturated carbocycles. The lowest BCUT2D eigenvalue weighted by Crippen LogP contribution is -2.45. The van der Waals surface area contributed by atoms with Gasteiger partial charge in [0.25, 0.3) is 5.56 Å². The highest BCUT2D eigenvalue weighted by Crippen LogP contribution is 2.30. The Kier molecular flexibility index (Phi) is 7.15. The van der Waals surface area contributed by atoms with Gasteiger partial charge in [0.05, 0.1) is 16.9 Å². The highest BCUT2D eigenvalue weighted by Gasteiger charge is 2.23. The van der Waals surface area contributed by atoms with E-state index < -0.39 is 18.1 Å². The zero-order valence-corrected chi connectivity index (χ0v) is 21.0. The summed E-state index contributed by atoms with van der Waals surface area (Å²) in [5.41, 5.74) is 2.20. The third kappa shape index (κ3) is 5.40. The van der Waals surface area contributed by atoms with Crippen molar-refractivity contribution in [2.75, 3.05) is 0 Å². The van der Waals surface area contributed by atoms with Crippen molar-refractivity contribution in [1.29, 1.82) is 0 Å². The van der Waals surface area contributed by atoms with Crippen molar-refractivity contribution in [3.63, 3.8) is 0 Å². The number of carbonyl (C=O) groups excluding carboxylic acids is 1. The van der Waals surface area contributed by atoms with Crippen LogP contribution in [0.15, 0.2) is 84.2 Å². The van der Waals surface area contributed by atoms with Crippen LogP contribution < -0.4 is 20.9 Å². The molecule has 8 nitrogen and oxygen atoms in total. The minimum absolute atomic E-state index is 0.0449. The number of ether oxygens (including phenoxy) is 1. The Morgan fingerprint density at radius 3 is 2.66 bits per heavy atom. The van der Waals surface area contributed by atoms with Crippen LogP contribution >= 0.6 is 23.2 Å². The van der Waals surface area contributed by atoms with Crippen LogP contribution in [-0.4, -0.2) is 26.9 Å². The van der Waals surface area contributed by atoms with E-state index in [1.54, 1.807) is 48.8 Å². The molecule has 1 atom stereocenters. The number of nitrogens with zero attached hydrogens (tertiary/aromatic N) is 2. The second kappa shape index (κ2) is 10.7. The molecule has 1 aliphatic heterocycles. The Labute approximate surface area is 225 Å². The van der Waals surface area contributed by atoms with Crippen LogP contribution in [0.1, 0.15) is 11.1 Å². The number of aromatic nitrogens is 2. The molecule has 1 unspecified atom stereocenters. The first-order chi connectivity index (χ1) is 18.3. The molecular formula is C27H19Cl2FN4O4. The molecule has 38 heavy (non-hydrogen) atoms. The molecular weight excluding hydrogens is 534 g/mol. The number of hydrogen-bond donors (Lipinski definition) is 3. The molecule has 1 aliphatic rings. The van der Waals surface area contributed by atoms with Gasteiger partial charge in [-0.1, -0.05) is 29.3 Å². The van der Waals surface area contributed by atoms with Gasteiger partial charge >= 0.3 is 6.03 Å². The summed E-state index contributed by atoms with van der Waals surface area (Å²) in [7, 11) is 0. The lowest BCUT2D eigenvalue weighted by atomic mass is 10.00. The lowest BCUT2D eigenvalue weighted by Gasteiger charge is -2.23. The van der Waals surface area contributed by atoms with Crippen molar-refractivity contribution in [2.24, 2.45) is 0 Å². The molecule has 0 aliphatic carbocycles. The van der Waals surface area contributed by atoms with E-state index in [2.05, 4.69) is 15.6 Å². The van der Waals surface area contributed by atoms with E-state index in [1.165, 1.54) is 35.2 Å². The molecule has 3 heterocycles. The number of nitrogens with one attached hydrogen (secondary N) is 2. The van der Waals surface area contributed by atoms with E-state index in [0.29, 0.717) is 38.7 Å². The summed E-state index contributed by atoms with van der Waals surface area (Å²) in [5.74, 6) is -0.0991. The van der Waals surface area contributed by atoms with Gasteiger partial charge in [-0.3, -0.25) is 14.3 Å². The van der Waals surface area contributed by atoms with Gasteiger partial charge in [0.15, 0.2) is 6.23 Å². The Hall–Kier alpha value is -4.18. The predicted molar refractivity (Wildman–Crippen MR) is 142 cm³/mol. The van der Waals surface area contributed by atoms with Crippen LogP contribution in [0.3, 0.4) is 0 Å². The SMILES string of the molecule is O=C1NC=C(c2cc(-c3cc(Cl)cc(OCc4ccc(F)cc4Cl)c3)c(=O)n(-c3cccnc3)c2)C(O)N1. The summed E-state index contributed by atoms with van der Waals surface area (Å²) < 4.78 is 20.6. The molecule has 2 aromatic heterocycles. The predicted octanol–water partition coefficient (Wildman–Crippen LogP) is 4.90. The summed E-state index contributed by atoms with van der Waals surface area (Å²) in [6.45, 7) is 0.0449. The molecule has 2 amide bonds. The molecule has 192 valence electrons. The molecule has 0 spiro atoms. The van der Waals surface area contributed by atoms with Gasteiger partial charge in [-0.25, -0.2) is 9.18 Å². The average molecular weight is 553 g/mol. The standard InChI is InChI=1S/C27H19Cl2FN4O4/c28-18-6-16(7-21(9-18)38-14-15-3-4-19(30)10-24(15)29)22-8-17(23-12-32-27(37)33-25(23)35)13-34(26(22)36)20-2-1-5-31-11-20/h1-13,25,35H,14H2,(H2,32,33,37). The Balaban J connectivity index is 1.59. The normalized spacial score (nSPS) is 14.9. The minimum Gasteiger partial charge on any atom is -0.489 e. The van der Waals surface area contributed by atoms with Crippen molar-refractivity contribution >= 4 is 34.8 Å². The summed E-state index contributed by atoms with van der Waals surface area (Å²) in [5, 5.41) is 15.9. The van der Waals surface area contributed by atoms with E-state index >= 15 is 0 Å². The van der Waals surface area contributed by atoms with Crippen LogP contribution in [0.2, 0.25) is 10.0 Å². The fraction of sp³-hybridized carbons (Fsp3) is 0.0741. The van der Waals surface area contributed by atoms with Crippen LogP contribution in [-0.2, 0) is 6.61 Å². The maximum atomic E-state index is 13.6. The summed E-state index contributed by atoms with van der Waals surface area (Å²) in [4.78, 5) is 29.4. The monoisotopic (exact) mass is 552 g/mol. The molecule has 5 rings (SSSR count). The fourth-order valence-electron chi connectivity index (χ4n) is 3.94. The van der Waals surface area contributed by atoms with Crippen molar-refractivity contribution < 1.29 is 19.0 Å². The zero-order chi connectivity index (χ0) is 26.8. The van der Waals surface area contributed by atoms with Crippen LogP contribution in [0.25, 0.3) is 22.4 Å². The number of pyridine rings is 2. The number of urea groups is 1. The van der Waals surface area contributed by atoms with E-state index in [-0.39, 0.29) is 22.8 Å². The number of rotatable bonds is 6. The first kappa shape index (κ1) is 25.5. The quantitative estimate of drug-likeness (QED) is 0.315. The zero-order valence-electron chi connectivity index (χ0n) is 19.5. The topological polar surface area (TPSA) is 105 Å². The van der Waals surface area contributed by atoms with Crippen molar-refractivity contribution in [3.8, 4) is 22.6 Å². The van der Waals surface area contributed by atoms with E-state index in [4.69, 9.17) is 27.9 Å². The molecule has 2 aromatic carbocycles. The van der Waals surface area contributed by atoms with E-state index in [9.17, 15) is 19.1 Å².